The first-order valence-electron chi connectivity index (χ1n) is 4.95. The van der Waals surface area contributed by atoms with Gasteiger partial charge in [-0.25, -0.2) is 4.79 Å². The third-order valence-corrected chi connectivity index (χ3v) is 2.73. The van der Waals surface area contributed by atoms with Crippen LogP contribution in [0.3, 0.4) is 0 Å². The van der Waals surface area contributed by atoms with E-state index in [9.17, 15) is 14.9 Å². The Hall–Kier alpha value is -1.82. The number of carbonyl (C=O) groups excluding carboxylic acids is 1. The lowest BCUT2D eigenvalue weighted by Gasteiger charge is -2.23. The monoisotopic (exact) mass is 256 g/mol. The molecule has 1 N–H and O–H groups in total. The highest BCUT2D eigenvalue weighted by molar-refractivity contribution is 6.30. The minimum atomic E-state index is -0.574. The molecule has 1 aromatic carbocycles. The maximum absolute atomic E-state index is 11.1. The first-order valence-corrected chi connectivity index (χ1v) is 5.33. The summed E-state index contributed by atoms with van der Waals surface area (Å²) in [5.41, 5.74) is 0.348. The van der Waals surface area contributed by atoms with Crippen LogP contribution in [-0.2, 0) is 4.74 Å². The zero-order chi connectivity index (χ0) is 12.4. The van der Waals surface area contributed by atoms with Crippen LogP contribution < -0.4 is 5.32 Å². The summed E-state index contributed by atoms with van der Waals surface area (Å²) in [4.78, 5) is 21.5. The van der Waals surface area contributed by atoms with Crippen LogP contribution >= 0.6 is 11.6 Å². The maximum atomic E-state index is 11.1. The summed E-state index contributed by atoms with van der Waals surface area (Å²) in [5, 5.41) is 13.8. The summed E-state index contributed by atoms with van der Waals surface area (Å²) in [5.74, 6) is 0. The molecule has 17 heavy (non-hydrogen) atoms. The zero-order valence-corrected chi connectivity index (χ0v) is 9.44. The molecule has 1 atom stereocenters. The fraction of sp³-hybridized carbons (Fsp3) is 0.300. The fourth-order valence-electron chi connectivity index (χ4n) is 1.73. The van der Waals surface area contributed by atoms with E-state index >= 15 is 0 Å². The number of halogens is 1. The summed E-state index contributed by atoms with van der Waals surface area (Å²) >= 11 is 5.81. The van der Waals surface area contributed by atoms with Gasteiger partial charge in [-0.05, 0) is 12.1 Å². The average Bonchev–Trinajstić information content (AvgIpc) is 2.28. The molecule has 0 aliphatic carbocycles. The normalized spacial score (nSPS) is 19.4. The molecule has 6 nitrogen and oxygen atoms in total. The highest BCUT2D eigenvalue weighted by Crippen LogP contribution is 2.31. The van der Waals surface area contributed by atoms with Gasteiger partial charge < -0.3 is 10.1 Å². The van der Waals surface area contributed by atoms with Crippen LogP contribution in [0.25, 0.3) is 0 Å². The van der Waals surface area contributed by atoms with Crippen molar-refractivity contribution in [2.24, 2.45) is 0 Å². The highest BCUT2D eigenvalue weighted by atomic mass is 35.5. The molecule has 2 rings (SSSR count). The average molecular weight is 257 g/mol. The van der Waals surface area contributed by atoms with Crippen molar-refractivity contribution in [3.05, 3.63) is 38.9 Å². The van der Waals surface area contributed by atoms with E-state index in [4.69, 9.17) is 16.3 Å². The number of cyclic esters (lactones) is 1. The number of amides is 1. The lowest BCUT2D eigenvalue weighted by molar-refractivity contribution is -0.385. The predicted molar refractivity (Wildman–Crippen MR) is 59.9 cm³/mol. The Bertz CT molecular complexity index is 477. The molecular formula is C10H9ClN2O4. The van der Waals surface area contributed by atoms with Crippen molar-refractivity contribution in [2.75, 3.05) is 6.61 Å². The smallest absolute Gasteiger partial charge is 0.407 e. The van der Waals surface area contributed by atoms with E-state index in [2.05, 4.69) is 5.32 Å². The number of nitrogens with zero attached hydrogens (tertiary/aromatic N) is 1. The largest absolute Gasteiger partial charge is 0.449 e. The van der Waals surface area contributed by atoms with E-state index in [1.807, 2.05) is 0 Å². The minimum absolute atomic E-state index is 0.0541. The summed E-state index contributed by atoms with van der Waals surface area (Å²) in [6.45, 7) is 0.236. The van der Waals surface area contributed by atoms with E-state index in [0.29, 0.717) is 17.0 Å². The van der Waals surface area contributed by atoms with Gasteiger partial charge in [-0.3, -0.25) is 10.1 Å². The Kier molecular flexibility index (Phi) is 3.14. The fourth-order valence-corrected chi connectivity index (χ4v) is 1.91. The van der Waals surface area contributed by atoms with Gasteiger partial charge in [-0.15, -0.1) is 0 Å². The molecule has 1 fully saturated rings. The van der Waals surface area contributed by atoms with E-state index in [1.165, 1.54) is 18.2 Å². The van der Waals surface area contributed by atoms with Gasteiger partial charge in [0.15, 0.2) is 0 Å². The Morgan fingerprint density at radius 3 is 2.94 bits per heavy atom. The minimum Gasteiger partial charge on any atom is -0.449 e. The van der Waals surface area contributed by atoms with Crippen molar-refractivity contribution in [3.8, 4) is 0 Å². The summed E-state index contributed by atoms with van der Waals surface area (Å²) < 4.78 is 4.71. The van der Waals surface area contributed by atoms with E-state index < -0.39 is 17.1 Å². The van der Waals surface area contributed by atoms with Gasteiger partial charge in [0.1, 0.15) is 0 Å². The Balaban J connectivity index is 2.38. The topological polar surface area (TPSA) is 81.5 Å². The van der Waals surface area contributed by atoms with Crippen molar-refractivity contribution in [3.63, 3.8) is 0 Å². The summed E-state index contributed by atoms with van der Waals surface area (Å²) in [6.07, 6.45) is -0.0945. The second-order valence-electron chi connectivity index (χ2n) is 3.58. The molecule has 0 spiro atoms. The van der Waals surface area contributed by atoms with Gasteiger partial charge in [0.25, 0.3) is 5.69 Å². The number of alkyl carbamates (subject to hydrolysis) is 1. The third-order valence-electron chi connectivity index (χ3n) is 2.49. The summed E-state index contributed by atoms with van der Waals surface area (Å²) in [7, 11) is 0. The van der Waals surface area contributed by atoms with Gasteiger partial charge in [0.05, 0.1) is 23.1 Å². The van der Waals surface area contributed by atoms with Crippen molar-refractivity contribution in [2.45, 2.75) is 12.5 Å². The molecule has 1 aliphatic heterocycles. The summed E-state index contributed by atoms with van der Waals surface area (Å²) in [6, 6.07) is 3.84. The molecule has 7 heteroatoms. The van der Waals surface area contributed by atoms with Crippen LogP contribution in [0.2, 0.25) is 5.02 Å². The lowest BCUT2D eigenvalue weighted by atomic mass is 10.0. The van der Waals surface area contributed by atoms with Gasteiger partial charge in [-0.2, -0.15) is 0 Å². The molecule has 1 heterocycles. The van der Waals surface area contributed by atoms with Crippen LogP contribution in [0.5, 0.6) is 0 Å². The molecule has 0 radical (unpaired) electrons. The maximum Gasteiger partial charge on any atom is 0.407 e. The SMILES string of the molecule is O=C1N[C@H](c2cc(Cl)ccc2[N+](=O)[O-])CCO1. The first kappa shape index (κ1) is 11.7. The van der Waals surface area contributed by atoms with E-state index in [1.54, 1.807) is 0 Å². The molecule has 1 aliphatic rings. The van der Waals surface area contributed by atoms with Gasteiger partial charge in [0, 0.05) is 17.5 Å². The molecule has 1 saturated heterocycles. The number of nitrogens with one attached hydrogen (secondary N) is 1. The van der Waals surface area contributed by atoms with Gasteiger partial charge in [0.2, 0.25) is 0 Å². The van der Waals surface area contributed by atoms with Crippen molar-refractivity contribution >= 4 is 23.4 Å². The predicted octanol–water partition coefficient (Wildman–Crippen LogP) is 2.42. The Morgan fingerprint density at radius 1 is 1.53 bits per heavy atom. The lowest BCUT2D eigenvalue weighted by Crippen LogP contribution is -2.35. The zero-order valence-electron chi connectivity index (χ0n) is 8.68. The molecule has 0 aromatic heterocycles. The second kappa shape index (κ2) is 4.58. The van der Waals surface area contributed by atoms with Crippen LogP contribution in [0.4, 0.5) is 10.5 Å². The molecule has 1 amide bonds. The van der Waals surface area contributed by atoms with Crippen molar-refractivity contribution < 1.29 is 14.5 Å². The molecule has 0 unspecified atom stereocenters. The highest BCUT2D eigenvalue weighted by Gasteiger charge is 2.27. The van der Waals surface area contributed by atoms with Crippen molar-refractivity contribution in [1.82, 2.24) is 5.32 Å². The number of hydrogen-bond acceptors (Lipinski definition) is 4. The number of carbonyl (C=O) groups is 1. The number of hydrogen-bond donors (Lipinski definition) is 1. The number of nitro groups is 1. The van der Waals surface area contributed by atoms with Crippen LogP contribution in [0, 0.1) is 10.1 Å². The number of ether oxygens (including phenoxy) is 1. The van der Waals surface area contributed by atoms with Gasteiger partial charge >= 0.3 is 6.09 Å². The van der Waals surface area contributed by atoms with Crippen molar-refractivity contribution in [1.29, 1.82) is 0 Å². The van der Waals surface area contributed by atoms with Crippen LogP contribution in [0.15, 0.2) is 18.2 Å². The molecule has 1 aromatic rings. The number of rotatable bonds is 2. The molecule has 0 saturated carbocycles. The Morgan fingerprint density at radius 2 is 2.29 bits per heavy atom. The van der Waals surface area contributed by atoms with E-state index in [-0.39, 0.29) is 12.3 Å². The van der Waals surface area contributed by atoms with Gasteiger partial charge in [-0.1, -0.05) is 11.6 Å². The quantitative estimate of drug-likeness (QED) is 0.651. The van der Waals surface area contributed by atoms with E-state index in [0.717, 1.165) is 0 Å². The van der Waals surface area contributed by atoms with Crippen LogP contribution in [-0.4, -0.2) is 17.6 Å². The second-order valence-corrected chi connectivity index (χ2v) is 4.02. The Labute approximate surface area is 102 Å². The standard InChI is InChI=1S/C10H9ClN2O4/c11-6-1-2-9(13(15)16)7(5-6)8-3-4-17-10(14)12-8/h1-2,5,8H,3-4H2,(H,12,14)/t8-/m0/s1. The molecule has 90 valence electrons. The molecule has 0 bridgehead atoms. The third kappa shape index (κ3) is 2.47. The number of nitro benzene ring substituents is 1. The van der Waals surface area contributed by atoms with Crippen LogP contribution in [0.1, 0.15) is 18.0 Å². The number of benzene rings is 1. The molecular weight excluding hydrogens is 248 g/mol. The first-order chi connectivity index (χ1) is 8.08.